The van der Waals surface area contributed by atoms with E-state index in [-0.39, 0.29) is 17.3 Å². The molecule has 0 saturated heterocycles. The van der Waals surface area contributed by atoms with Gasteiger partial charge in [-0.1, -0.05) is 26.3 Å². The molecular weight excluding hydrogens is 156 g/mol. The number of carboxylic acid groups (broad SMARTS) is 1. The highest BCUT2D eigenvalue weighted by Gasteiger charge is 2.13. The molecule has 0 aliphatic carbocycles. The van der Waals surface area contributed by atoms with Crippen molar-refractivity contribution >= 4 is 11.8 Å². The summed E-state index contributed by atoms with van der Waals surface area (Å²) in [6.45, 7) is 5.09. The molecule has 68 valence electrons. The van der Waals surface area contributed by atoms with E-state index in [1.807, 2.05) is 13.8 Å². The van der Waals surface area contributed by atoms with E-state index in [1.165, 1.54) is 13.0 Å². The van der Waals surface area contributed by atoms with Crippen molar-refractivity contribution < 1.29 is 14.7 Å². The number of hydrogen-bond donors (Lipinski definition) is 1. The molecule has 0 aliphatic rings. The van der Waals surface area contributed by atoms with Gasteiger partial charge in [-0.3, -0.25) is 4.79 Å². The first-order valence-electron chi connectivity index (χ1n) is 3.95. The lowest BCUT2D eigenvalue weighted by atomic mass is 10.0. The molecule has 3 nitrogen and oxygen atoms in total. The lowest BCUT2D eigenvalue weighted by molar-refractivity contribution is -0.134. The molecule has 0 aliphatic heterocycles. The minimum atomic E-state index is -1.14. The van der Waals surface area contributed by atoms with Crippen LogP contribution in [-0.2, 0) is 9.59 Å². The first kappa shape index (κ1) is 10.9. The number of Topliss-reactive ketones (excluding diaryl/α,β-unsaturated/α-hetero) is 1. The van der Waals surface area contributed by atoms with Crippen molar-refractivity contribution in [1.29, 1.82) is 0 Å². The van der Waals surface area contributed by atoms with E-state index >= 15 is 0 Å². The number of carboxylic acids is 1. The molecule has 0 aromatic carbocycles. The summed E-state index contributed by atoms with van der Waals surface area (Å²) in [5.74, 6) is -1.38. The Balaban J connectivity index is 4.61. The second-order valence-electron chi connectivity index (χ2n) is 2.83. The summed E-state index contributed by atoms with van der Waals surface area (Å²) in [7, 11) is 0. The summed E-state index contributed by atoms with van der Waals surface area (Å²) in [6, 6.07) is 0. The Morgan fingerprint density at radius 2 is 2.00 bits per heavy atom. The fourth-order valence-corrected chi connectivity index (χ4v) is 0.742. The maximum atomic E-state index is 10.8. The number of carbonyl (C=O) groups is 2. The maximum absolute atomic E-state index is 10.8. The van der Waals surface area contributed by atoms with Crippen LogP contribution in [0.3, 0.4) is 0 Å². The molecule has 0 aromatic rings. The van der Waals surface area contributed by atoms with Crippen LogP contribution >= 0.6 is 0 Å². The van der Waals surface area contributed by atoms with Crippen LogP contribution in [0.1, 0.15) is 27.2 Å². The van der Waals surface area contributed by atoms with Crippen LogP contribution in [0.15, 0.2) is 11.6 Å². The van der Waals surface area contributed by atoms with Crippen LogP contribution in [-0.4, -0.2) is 16.9 Å². The van der Waals surface area contributed by atoms with Crippen molar-refractivity contribution in [3.8, 4) is 0 Å². The number of aliphatic carboxylic acids is 1. The van der Waals surface area contributed by atoms with E-state index in [0.29, 0.717) is 0 Å². The summed E-state index contributed by atoms with van der Waals surface area (Å²) in [5.41, 5.74) is -0.107. The van der Waals surface area contributed by atoms with Crippen molar-refractivity contribution in [2.75, 3.05) is 0 Å². The average Bonchev–Trinajstić information content (AvgIpc) is 1.98. The Morgan fingerprint density at radius 3 is 2.25 bits per heavy atom. The molecule has 0 bridgehead atoms. The van der Waals surface area contributed by atoms with Crippen LogP contribution in [0.4, 0.5) is 0 Å². The van der Waals surface area contributed by atoms with E-state index in [4.69, 9.17) is 5.11 Å². The number of hydrogen-bond acceptors (Lipinski definition) is 2. The van der Waals surface area contributed by atoms with Crippen molar-refractivity contribution in [2.45, 2.75) is 27.2 Å². The molecule has 0 spiro atoms. The van der Waals surface area contributed by atoms with Gasteiger partial charge >= 0.3 is 5.97 Å². The van der Waals surface area contributed by atoms with Gasteiger partial charge in [-0.2, -0.15) is 0 Å². The Hall–Kier alpha value is -1.12. The highest BCUT2D eigenvalue weighted by atomic mass is 16.4. The molecular formula is C9H14O3. The molecule has 12 heavy (non-hydrogen) atoms. The zero-order valence-corrected chi connectivity index (χ0v) is 7.63. The molecule has 0 saturated carbocycles. The zero-order chi connectivity index (χ0) is 9.72. The number of allylic oxidation sites excluding steroid dienone is 1. The average molecular weight is 170 g/mol. The highest BCUT2D eigenvalue weighted by Crippen LogP contribution is 2.07. The molecule has 0 radical (unpaired) electrons. The third-order valence-corrected chi connectivity index (χ3v) is 1.70. The number of ketones is 1. The van der Waals surface area contributed by atoms with Gasteiger partial charge in [-0.25, -0.2) is 4.79 Å². The molecule has 0 heterocycles. The summed E-state index contributed by atoms with van der Waals surface area (Å²) in [5, 5.41) is 8.60. The molecule has 1 atom stereocenters. The van der Waals surface area contributed by atoms with E-state index in [0.717, 1.165) is 6.42 Å². The molecule has 1 unspecified atom stereocenters. The van der Waals surface area contributed by atoms with Gasteiger partial charge in [0.15, 0.2) is 5.78 Å². The first-order valence-corrected chi connectivity index (χ1v) is 3.95. The number of rotatable bonds is 4. The third kappa shape index (κ3) is 3.32. The lowest BCUT2D eigenvalue weighted by Crippen LogP contribution is -2.10. The molecule has 1 N–H and O–H groups in total. The van der Waals surface area contributed by atoms with Crippen molar-refractivity contribution in [3.63, 3.8) is 0 Å². The van der Waals surface area contributed by atoms with Crippen molar-refractivity contribution in [2.24, 2.45) is 5.92 Å². The molecule has 3 heteroatoms. The second kappa shape index (κ2) is 4.70. The van der Waals surface area contributed by atoms with Gasteiger partial charge in [0.05, 0.1) is 5.57 Å². The van der Waals surface area contributed by atoms with Crippen LogP contribution in [0.2, 0.25) is 0 Å². The minimum absolute atomic E-state index is 0.107. The van der Waals surface area contributed by atoms with Crippen LogP contribution < -0.4 is 0 Å². The van der Waals surface area contributed by atoms with Gasteiger partial charge in [0.25, 0.3) is 0 Å². The van der Waals surface area contributed by atoms with Gasteiger partial charge < -0.3 is 5.11 Å². The Morgan fingerprint density at radius 1 is 1.50 bits per heavy atom. The Bertz CT molecular complexity index is 200. The maximum Gasteiger partial charge on any atom is 0.338 e. The van der Waals surface area contributed by atoms with Gasteiger partial charge in [0.1, 0.15) is 0 Å². The first-order chi connectivity index (χ1) is 5.49. The quantitative estimate of drug-likeness (QED) is 0.396. The van der Waals surface area contributed by atoms with Crippen LogP contribution in [0, 0.1) is 5.92 Å². The van der Waals surface area contributed by atoms with E-state index < -0.39 is 5.97 Å². The lowest BCUT2D eigenvalue weighted by Gasteiger charge is -2.02. The van der Waals surface area contributed by atoms with Gasteiger partial charge in [0.2, 0.25) is 0 Å². The van der Waals surface area contributed by atoms with Crippen molar-refractivity contribution in [1.82, 2.24) is 0 Å². The number of carbonyl (C=O) groups excluding carboxylic acids is 1. The molecule has 0 fully saturated rings. The van der Waals surface area contributed by atoms with Crippen molar-refractivity contribution in [3.05, 3.63) is 11.6 Å². The smallest absolute Gasteiger partial charge is 0.338 e. The van der Waals surface area contributed by atoms with Gasteiger partial charge in [-0.05, 0) is 12.8 Å². The monoisotopic (exact) mass is 170 g/mol. The summed E-state index contributed by atoms with van der Waals surface area (Å²) < 4.78 is 0. The standard InChI is InChI=1S/C9H14O3/c1-4-6(2)5-8(7(3)10)9(11)12/h5-6H,4H2,1-3H3,(H,11,12). The largest absolute Gasteiger partial charge is 0.478 e. The summed E-state index contributed by atoms with van der Waals surface area (Å²) in [4.78, 5) is 21.3. The SMILES string of the molecule is CCC(C)C=C(C(C)=O)C(=O)O. The van der Waals surface area contributed by atoms with Crippen LogP contribution in [0.25, 0.3) is 0 Å². The topological polar surface area (TPSA) is 54.4 Å². The van der Waals surface area contributed by atoms with Gasteiger partial charge in [-0.15, -0.1) is 0 Å². The van der Waals surface area contributed by atoms with Crippen LogP contribution in [0.5, 0.6) is 0 Å². The third-order valence-electron chi connectivity index (χ3n) is 1.70. The predicted octanol–water partition coefficient (Wildman–Crippen LogP) is 1.63. The Labute approximate surface area is 72.1 Å². The normalized spacial score (nSPS) is 14.1. The fourth-order valence-electron chi connectivity index (χ4n) is 0.742. The molecule has 0 amide bonds. The summed E-state index contributed by atoms with van der Waals surface area (Å²) in [6.07, 6.45) is 2.34. The zero-order valence-electron chi connectivity index (χ0n) is 7.63. The molecule has 0 rings (SSSR count). The van der Waals surface area contributed by atoms with Gasteiger partial charge in [0, 0.05) is 0 Å². The van der Waals surface area contributed by atoms with E-state index in [9.17, 15) is 9.59 Å². The minimum Gasteiger partial charge on any atom is -0.478 e. The second-order valence-corrected chi connectivity index (χ2v) is 2.83. The summed E-state index contributed by atoms with van der Waals surface area (Å²) >= 11 is 0. The van der Waals surface area contributed by atoms with E-state index in [2.05, 4.69) is 0 Å². The molecule has 0 aromatic heterocycles. The predicted molar refractivity (Wildman–Crippen MR) is 45.9 cm³/mol. The van der Waals surface area contributed by atoms with E-state index in [1.54, 1.807) is 0 Å². The highest BCUT2D eigenvalue weighted by molar-refractivity contribution is 6.15. The Kier molecular flexibility index (Phi) is 4.26. The fraction of sp³-hybridized carbons (Fsp3) is 0.556.